The molecule has 300 valence electrons. The summed E-state index contributed by atoms with van der Waals surface area (Å²) >= 11 is 0.444. The van der Waals surface area contributed by atoms with E-state index in [0.29, 0.717) is 29.4 Å². The molecule has 4 aliphatic carbocycles. The van der Waals surface area contributed by atoms with Crippen LogP contribution in [-0.2, 0) is 35.1 Å². The van der Waals surface area contributed by atoms with Crippen LogP contribution in [0.3, 0.4) is 0 Å². The first-order valence-corrected chi connectivity index (χ1v) is 20.0. The van der Waals surface area contributed by atoms with E-state index >= 15 is 8.78 Å². The molecule has 7 unspecified atom stereocenters. The number of aliphatic hydroxyl groups is 1. The monoisotopic (exact) mass is 795 g/mol. The molecule has 14 heteroatoms. The van der Waals surface area contributed by atoms with Gasteiger partial charge in [0.15, 0.2) is 23.3 Å². The Hall–Kier alpha value is -3.82. The van der Waals surface area contributed by atoms with E-state index in [1.165, 1.54) is 19.1 Å². The molecule has 0 spiro atoms. The summed E-state index contributed by atoms with van der Waals surface area (Å²) in [4.78, 5) is 51.2. The molecular formula is C42H48F3N3O7S. The molecule has 7 rings (SSSR count). The number of likely N-dealkylation sites (N-methyl/N-ethyl adjacent to an activating group) is 1. The minimum atomic E-state index is -2.35. The molecule has 5 aliphatic rings. The van der Waals surface area contributed by atoms with Crippen molar-refractivity contribution >= 4 is 40.2 Å². The number of ether oxygens (including phenoxy) is 2. The summed E-state index contributed by atoms with van der Waals surface area (Å²) in [6.07, 6.45) is -1.41. The Morgan fingerprint density at radius 1 is 1.02 bits per heavy atom. The van der Waals surface area contributed by atoms with E-state index < -0.39 is 87.6 Å². The molecule has 0 bridgehead atoms. The van der Waals surface area contributed by atoms with Gasteiger partial charge >= 0.3 is 0 Å². The molecular weight excluding hydrogens is 748 g/mol. The molecule has 2 amide bonds. The Labute approximate surface area is 328 Å². The van der Waals surface area contributed by atoms with Crippen molar-refractivity contribution in [1.82, 2.24) is 10.6 Å². The van der Waals surface area contributed by atoms with Crippen molar-refractivity contribution < 1.29 is 46.9 Å². The fourth-order valence-corrected chi connectivity index (χ4v) is 10.9. The summed E-state index contributed by atoms with van der Waals surface area (Å²) in [5.41, 5.74) is -3.91. The molecule has 10 nitrogen and oxygen atoms in total. The highest BCUT2D eigenvalue weighted by atomic mass is 32.2. The van der Waals surface area contributed by atoms with Gasteiger partial charge in [-0.1, -0.05) is 61.2 Å². The zero-order valence-electron chi connectivity index (χ0n) is 31.9. The average Bonchev–Trinajstić information content (AvgIpc) is 3.67. The number of amides is 2. The van der Waals surface area contributed by atoms with Gasteiger partial charge < -0.3 is 30.5 Å². The van der Waals surface area contributed by atoms with Gasteiger partial charge in [-0.05, 0) is 100 Å². The third-order valence-corrected chi connectivity index (χ3v) is 14.0. The molecule has 0 radical (unpaired) electrons. The Bertz CT molecular complexity index is 1980. The van der Waals surface area contributed by atoms with E-state index in [-0.39, 0.29) is 36.6 Å². The molecule has 1 heterocycles. The lowest BCUT2D eigenvalue weighted by molar-refractivity contribution is -0.232. The highest BCUT2D eigenvalue weighted by Gasteiger charge is 2.80. The van der Waals surface area contributed by atoms with Crippen molar-refractivity contribution in [2.75, 3.05) is 18.4 Å². The van der Waals surface area contributed by atoms with Gasteiger partial charge in [0.2, 0.25) is 16.9 Å². The van der Waals surface area contributed by atoms with Crippen molar-refractivity contribution in [3.63, 3.8) is 0 Å². The maximum absolute atomic E-state index is 17.7. The lowest BCUT2D eigenvalue weighted by Gasteiger charge is -2.63. The Kier molecular flexibility index (Phi) is 10.7. The minimum Gasteiger partial charge on any atom is -0.390 e. The van der Waals surface area contributed by atoms with Crippen LogP contribution in [0.25, 0.3) is 0 Å². The maximum atomic E-state index is 17.7. The molecule has 2 aromatic carbocycles. The quantitative estimate of drug-likeness (QED) is 0.242. The minimum absolute atomic E-state index is 0.00535. The molecule has 1 aliphatic heterocycles. The molecule has 12 atom stereocenters. The molecule has 4 fully saturated rings. The van der Waals surface area contributed by atoms with Crippen LogP contribution in [0.15, 0.2) is 72.3 Å². The fraction of sp³-hybridized carbons (Fsp3) is 0.524. The molecule has 4 N–H and O–H groups in total. The number of alkyl halides is 3. The van der Waals surface area contributed by atoms with Crippen LogP contribution in [-0.4, -0.2) is 82.6 Å². The second-order valence-electron chi connectivity index (χ2n) is 16.3. The van der Waals surface area contributed by atoms with E-state index in [2.05, 4.69) is 16.0 Å². The van der Waals surface area contributed by atoms with Gasteiger partial charge in [-0.2, -0.15) is 0 Å². The van der Waals surface area contributed by atoms with Crippen molar-refractivity contribution in [2.45, 2.75) is 101 Å². The molecule has 2 aromatic rings. The first-order chi connectivity index (χ1) is 26.5. The zero-order chi connectivity index (χ0) is 40.4. The first kappa shape index (κ1) is 40.4. The van der Waals surface area contributed by atoms with Gasteiger partial charge in [-0.3, -0.25) is 19.2 Å². The third-order valence-electron chi connectivity index (χ3n) is 13.3. The number of rotatable bonds is 10. The van der Waals surface area contributed by atoms with Crippen molar-refractivity contribution in [2.24, 2.45) is 22.7 Å². The number of thioether (sulfide) groups is 1. The van der Waals surface area contributed by atoms with Gasteiger partial charge in [-0.15, -0.1) is 0 Å². The summed E-state index contributed by atoms with van der Waals surface area (Å²) < 4.78 is 60.7. The number of anilines is 1. The van der Waals surface area contributed by atoms with Gasteiger partial charge in [0.25, 0.3) is 0 Å². The zero-order valence-corrected chi connectivity index (χ0v) is 32.8. The number of halogens is 3. The first-order valence-electron chi connectivity index (χ1n) is 19.0. The van der Waals surface area contributed by atoms with Crippen LogP contribution in [0.5, 0.6) is 0 Å². The number of hydrogen-bond acceptors (Lipinski definition) is 9. The van der Waals surface area contributed by atoms with Crippen molar-refractivity contribution in [3.05, 3.63) is 89.0 Å². The van der Waals surface area contributed by atoms with Crippen LogP contribution in [0, 0.1) is 22.7 Å². The number of nitrogens with one attached hydrogen (secondary N) is 3. The molecule has 56 heavy (non-hydrogen) atoms. The topological polar surface area (TPSA) is 143 Å². The van der Waals surface area contributed by atoms with E-state index in [1.807, 2.05) is 42.5 Å². The smallest absolute Gasteiger partial charge is 0.246 e. The largest absolute Gasteiger partial charge is 0.390 e. The Balaban J connectivity index is 1.09. The average molecular weight is 796 g/mol. The van der Waals surface area contributed by atoms with Gasteiger partial charge in [-0.25, -0.2) is 13.2 Å². The van der Waals surface area contributed by atoms with E-state index in [4.69, 9.17) is 9.47 Å². The number of aliphatic hydroxyl groups excluding tert-OH is 1. The van der Waals surface area contributed by atoms with Gasteiger partial charge in [0, 0.05) is 28.0 Å². The summed E-state index contributed by atoms with van der Waals surface area (Å²) in [7, 11) is 1.66. The third kappa shape index (κ3) is 6.27. The lowest BCUT2D eigenvalue weighted by atomic mass is 9.44. The SMILES string of the molecule is CNC(C)C(=O)N[C@@H](C)C(=O)Nc1cccc(Cc2ccc([C@@H]3O[C@@H]4CC5C6C[C@H](F)C7=CC(=O)C=CC7(C)[C@@]6(F)C(O)CC5(C)C4(C(=O)SCF)O3)cc2)c1. The second kappa shape index (κ2) is 14.8. The number of benzene rings is 2. The van der Waals surface area contributed by atoms with E-state index in [1.54, 1.807) is 33.9 Å². The lowest BCUT2D eigenvalue weighted by Crippen LogP contribution is -2.70. The predicted octanol–water partition coefficient (Wildman–Crippen LogP) is 5.60. The number of carbonyl (C=O) groups excluding carboxylic acids is 4. The van der Waals surface area contributed by atoms with Crippen LogP contribution in [0.2, 0.25) is 0 Å². The molecule has 3 saturated carbocycles. The highest BCUT2D eigenvalue weighted by molar-refractivity contribution is 8.13. The standard InChI is InChI=1S/C42H48F3N3O7S/c1-22(46-5)35(51)47-23(2)36(52)48-27-8-6-7-25(16-27)15-24-9-11-26(12-10-24)37-54-34-19-29-30-18-32(44)31-17-28(49)13-14-39(31,3)41(30,45)33(50)20-40(29,4)42(34,55-37)38(53)56-21-43/h6-14,16-17,22-23,29-30,32-34,37,46,50H,15,18-21H2,1-5H3,(H,47,51)(H,48,52)/t22?,23-,29?,30?,32-,33?,34+,37+,39?,40?,41-,42?/m0/s1. The molecule has 0 aromatic heterocycles. The van der Waals surface area contributed by atoms with E-state index in [9.17, 15) is 28.7 Å². The van der Waals surface area contributed by atoms with Gasteiger partial charge in [0.05, 0.1) is 18.2 Å². The van der Waals surface area contributed by atoms with Crippen molar-refractivity contribution in [3.8, 4) is 0 Å². The van der Waals surface area contributed by atoms with Gasteiger partial charge in [0.1, 0.15) is 18.2 Å². The summed E-state index contributed by atoms with van der Waals surface area (Å²) in [6.45, 7) is 6.56. The van der Waals surface area contributed by atoms with Crippen LogP contribution < -0.4 is 16.0 Å². The number of allylic oxidation sites excluding steroid dienone is 4. The number of fused-ring (bicyclic) bond motifs is 7. The Morgan fingerprint density at radius 3 is 2.45 bits per heavy atom. The normalized spacial score (nSPS) is 36.7. The van der Waals surface area contributed by atoms with Crippen molar-refractivity contribution in [1.29, 1.82) is 0 Å². The number of ketones is 1. The van der Waals surface area contributed by atoms with Crippen LogP contribution in [0.1, 0.15) is 69.9 Å². The maximum Gasteiger partial charge on any atom is 0.246 e. The Morgan fingerprint density at radius 2 is 1.75 bits per heavy atom. The summed E-state index contributed by atoms with van der Waals surface area (Å²) in [5, 5.41) is 19.5. The predicted molar refractivity (Wildman–Crippen MR) is 204 cm³/mol. The number of hydrogen-bond donors (Lipinski definition) is 4. The fourth-order valence-electron chi connectivity index (χ4n) is 10.2. The summed E-state index contributed by atoms with van der Waals surface area (Å²) in [6, 6.07) is 12.5. The van der Waals surface area contributed by atoms with E-state index in [0.717, 1.165) is 17.2 Å². The summed E-state index contributed by atoms with van der Waals surface area (Å²) in [5.74, 6) is -2.80. The van der Waals surface area contributed by atoms with Crippen LogP contribution in [0.4, 0.5) is 18.9 Å². The second-order valence-corrected chi connectivity index (χ2v) is 17.2. The number of carbonyl (C=O) groups is 4. The highest BCUT2D eigenvalue weighted by Crippen LogP contribution is 2.73. The van der Waals surface area contributed by atoms with Crippen LogP contribution >= 0.6 is 11.8 Å². The molecule has 1 saturated heterocycles.